The van der Waals surface area contributed by atoms with Crippen LogP contribution in [-0.2, 0) is 0 Å². The molecule has 4 heteroatoms. The Morgan fingerprint density at radius 3 is 2.30 bits per heavy atom. The minimum Gasteiger partial charge on any atom is -0.389 e. The van der Waals surface area contributed by atoms with E-state index in [1.165, 1.54) is 6.07 Å². The molecule has 114 valence electrons. The number of aryl methyl sites for hydroxylation is 1. The van der Waals surface area contributed by atoms with E-state index < -0.39 is 6.10 Å². The van der Waals surface area contributed by atoms with E-state index in [2.05, 4.69) is 23.6 Å². The zero-order valence-corrected chi connectivity index (χ0v) is 13.4. The molecule has 0 aromatic heterocycles. The number of hydrogen-bond acceptors (Lipinski definition) is 3. The molecule has 0 aliphatic carbocycles. The van der Waals surface area contributed by atoms with Crippen LogP contribution >= 0.6 is 0 Å². The number of hydrogen-bond donors (Lipinski definition) is 1. The monoisotopic (exact) mass is 282 g/mol. The van der Waals surface area contributed by atoms with Gasteiger partial charge in [-0.3, -0.25) is 0 Å². The zero-order valence-electron chi connectivity index (χ0n) is 13.4. The van der Waals surface area contributed by atoms with Gasteiger partial charge in [0.15, 0.2) is 0 Å². The minimum atomic E-state index is -0.680. The lowest BCUT2D eigenvalue weighted by Gasteiger charge is -2.34. The maximum atomic E-state index is 13.8. The highest BCUT2D eigenvalue weighted by Gasteiger charge is 2.20. The van der Waals surface area contributed by atoms with Gasteiger partial charge in [-0.15, -0.1) is 0 Å². The zero-order chi connectivity index (χ0) is 15.4. The first kappa shape index (κ1) is 16.9. The molecular formula is C16H27FN2O. The lowest BCUT2D eigenvalue weighted by molar-refractivity contribution is 0.199. The van der Waals surface area contributed by atoms with Crippen LogP contribution in [0.5, 0.6) is 0 Å². The fourth-order valence-electron chi connectivity index (χ4n) is 2.61. The summed E-state index contributed by atoms with van der Waals surface area (Å²) < 4.78 is 13.8. The molecule has 3 nitrogen and oxygen atoms in total. The second kappa shape index (κ2) is 7.04. The summed E-state index contributed by atoms with van der Waals surface area (Å²) in [5.74, 6) is -0.263. The third-order valence-electron chi connectivity index (χ3n) is 3.57. The van der Waals surface area contributed by atoms with Gasteiger partial charge < -0.3 is 14.9 Å². The van der Waals surface area contributed by atoms with E-state index in [9.17, 15) is 9.50 Å². The Hall–Kier alpha value is -1.13. The third-order valence-corrected chi connectivity index (χ3v) is 3.57. The molecule has 20 heavy (non-hydrogen) atoms. The van der Waals surface area contributed by atoms with E-state index in [1.54, 1.807) is 13.8 Å². The summed E-state index contributed by atoms with van der Waals surface area (Å²) in [6.07, 6.45) is -0.680. The van der Waals surface area contributed by atoms with Crippen molar-refractivity contribution in [3.63, 3.8) is 0 Å². The van der Waals surface area contributed by atoms with Crippen molar-refractivity contribution in [2.24, 2.45) is 0 Å². The van der Waals surface area contributed by atoms with Gasteiger partial charge in [-0.05, 0) is 59.5 Å². The number of aliphatic hydroxyl groups is 1. The van der Waals surface area contributed by atoms with E-state index in [0.717, 1.165) is 18.8 Å². The molecule has 0 heterocycles. The van der Waals surface area contributed by atoms with Gasteiger partial charge in [0.25, 0.3) is 0 Å². The molecule has 1 unspecified atom stereocenters. The van der Waals surface area contributed by atoms with Crippen LogP contribution in [0, 0.1) is 12.7 Å². The van der Waals surface area contributed by atoms with Gasteiger partial charge in [0, 0.05) is 30.4 Å². The first-order valence-corrected chi connectivity index (χ1v) is 7.17. The van der Waals surface area contributed by atoms with Crippen LogP contribution in [0.3, 0.4) is 0 Å². The van der Waals surface area contributed by atoms with Crippen LogP contribution in [0.2, 0.25) is 0 Å². The summed E-state index contributed by atoms with van der Waals surface area (Å²) in [7, 11) is 4.08. The van der Waals surface area contributed by atoms with Gasteiger partial charge in [0.05, 0.1) is 6.10 Å². The molecule has 0 saturated carbocycles. The lowest BCUT2D eigenvalue weighted by atomic mass is 10.0. The number of aliphatic hydroxyl groups excluding tert-OH is 1. The van der Waals surface area contributed by atoms with E-state index in [-0.39, 0.29) is 11.9 Å². The van der Waals surface area contributed by atoms with Crippen LogP contribution in [0.25, 0.3) is 0 Å². The molecule has 0 saturated heterocycles. The maximum Gasteiger partial charge on any atom is 0.126 e. The fourth-order valence-corrected chi connectivity index (χ4v) is 2.61. The Morgan fingerprint density at radius 1 is 1.25 bits per heavy atom. The Kier molecular flexibility index (Phi) is 5.96. The topological polar surface area (TPSA) is 26.7 Å². The predicted molar refractivity (Wildman–Crippen MR) is 82.8 cm³/mol. The van der Waals surface area contributed by atoms with Crippen LogP contribution in [0.1, 0.15) is 38.0 Å². The molecule has 1 rings (SSSR count). The number of halogens is 1. The number of nitrogens with zero attached hydrogens (tertiary/aromatic N) is 2. The summed E-state index contributed by atoms with van der Waals surface area (Å²) in [6, 6.07) is 3.59. The first-order chi connectivity index (χ1) is 9.27. The van der Waals surface area contributed by atoms with E-state index in [4.69, 9.17) is 0 Å². The van der Waals surface area contributed by atoms with Crippen molar-refractivity contribution in [2.75, 3.05) is 32.1 Å². The number of rotatable bonds is 6. The van der Waals surface area contributed by atoms with Gasteiger partial charge in [0.1, 0.15) is 5.82 Å². The van der Waals surface area contributed by atoms with Crippen molar-refractivity contribution in [1.82, 2.24) is 4.90 Å². The third kappa shape index (κ3) is 3.93. The normalized spacial score (nSPS) is 14.4. The molecule has 0 bridgehead atoms. The van der Waals surface area contributed by atoms with Gasteiger partial charge in [-0.25, -0.2) is 4.39 Å². The highest BCUT2D eigenvalue weighted by molar-refractivity contribution is 5.57. The van der Waals surface area contributed by atoms with Gasteiger partial charge in [-0.1, -0.05) is 0 Å². The average molecular weight is 282 g/mol. The molecule has 1 aromatic rings. The van der Waals surface area contributed by atoms with Crippen LogP contribution in [0.15, 0.2) is 12.1 Å². The van der Waals surface area contributed by atoms with Crippen molar-refractivity contribution in [3.05, 3.63) is 29.1 Å². The van der Waals surface area contributed by atoms with E-state index in [0.29, 0.717) is 11.1 Å². The molecule has 1 aromatic carbocycles. The van der Waals surface area contributed by atoms with Crippen molar-refractivity contribution in [3.8, 4) is 0 Å². The average Bonchev–Trinajstić information content (AvgIpc) is 2.32. The number of benzene rings is 1. The molecule has 0 aliphatic rings. The fraction of sp³-hybridized carbons (Fsp3) is 0.625. The van der Waals surface area contributed by atoms with Crippen LogP contribution < -0.4 is 4.90 Å². The van der Waals surface area contributed by atoms with Gasteiger partial charge >= 0.3 is 0 Å². The van der Waals surface area contributed by atoms with Gasteiger partial charge in [0.2, 0.25) is 0 Å². The molecule has 0 radical (unpaired) electrons. The van der Waals surface area contributed by atoms with E-state index in [1.807, 2.05) is 20.2 Å². The lowest BCUT2D eigenvalue weighted by Crippen LogP contribution is -2.40. The second-order valence-electron chi connectivity index (χ2n) is 5.73. The summed E-state index contributed by atoms with van der Waals surface area (Å²) in [6.45, 7) is 9.39. The minimum absolute atomic E-state index is 0.263. The van der Waals surface area contributed by atoms with Crippen LogP contribution in [-0.4, -0.2) is 43.2 Å². The Morgan fingerprint density at radius 2 is 1.85 bits per heavy atom. The summed E-state index contributed by atoms with van der Waals surface area (Å²) >= 11 is 0. The largest absolute Gasteiger partial charge is 0.389 e. The maximum absolute atomic E-state index is 13.8. The number of anilines is 1. The van der Waals surface area contributed by atoms with Crippen molar-refractivity contribution < 1.29 is 9.50 Å². The molecule has 2 atom stereocenters. The quantitative estimate of drug-likeness (QED) is 0.869. The van der Waals surface area contributed by atoms with Crippen molar-refractivity contribution in [1.29, 1.82) is 0 Å². The Bertz CT molecular complexity index is 446. The summed E-state index contributed by atoms with van der Waals surface area (Å²) in [5, 5.41) is 9.92. The standard InChI is InChI=1S/C16H27FN2O/c1-7-19(12(3)10-18(5)6)16-8-11(2)15(17)9-14(16)13(4)20/h8-9,12-13,20H,7,10H2,1-6H3/t12?,13-/m1/s1. The first-order valence-electron chi connectivity index (χ1n) is 7.17. The predicted octanol–water partition coefficient (Wildman–Crippen LogP) is 2.96. The van der Waals surface area contributed by atoms with E-state index >= 15 is 0 Å². The van der Waals surface area contributed by atoms with Crippen molar-refractivity contribution >= 4 is 5.69 Å². The molecule has 0 aliphatic heterocycles. The highest BCUT2D eigenvalue weighted by atomic mass is 19.1. The number of likely N-dealkylation sites (N-methyl/N-ethyl adjacent to an activating group) is 2. The SMILES string of the molecule is CCN(c1cc(C)c(F)cc1[C@@H](C)O)C(C)CN(C)C. The Labute approximate surface area is 122 Å². The van der Waals surface area contributed by atoms with Crippen molar-refractivity contribution in [2.45, 2.75) is 39.8 Å². The van der Waals surface area contributed by atoms with Gasteiger partial charge in [-0.2, -0.15) is 0 Å². The molecule has 0 fully saturated rings. The molecule has 0 spiro atoms. The summed E-state index contributed by atoms with van der Waals surface area (Å²) in [5.41, 5.74) is 2.19. The highest BCUT2D eigenvalue weighted by Crippen LogP contribution is 2.30. The Balaban J connectivity index is 3.23. The smallest absolute Gasteiger partial charge is 0.126 e. The molecule has 1 N–H and O–H groups in total. The molecule has 0 amide bonds. The second-order valence-corrected chi connectivity index (χ2v) is 5.73. The van der Waals surface area contributed by atoms with Crippen LogP contribution in [0.4, 0.5) is 10.1 Å². The summed E-state index contributed by atoms with van der Waals surface area (Å²) in [4.78, 5) is 4.35. The molecular weight excluding hydrogens is 255 g/mol.